The zero-order valence-electron chi connectivity index (χ0n) is 22.6. The smallest absolute Gasteiger partial charge is 0.335 e. The number of halogens is 1. The van der Waals surface area contributed by atoms with Gasteiger partial charge >= 0.3 is 5.97 Å². The number of Topliss-reactive ketones (excluding diaryl/α,β-unsaturated/α-hetero) is 1. The largest absolute Gasteiger partial charge is 0.497 e. The fourth-order valence-corrected chi connectivity index (χ4v) is 7.03. The highest BCUT2D eigenvalue weighted by molar-refractivity contribution is 6.00. The van der Waals surface area contributed by atoms with Crippen LogP contribution in [0.3, 0.4) is 0 Å². The number of fused-ring (bicyclic) bond motifs is 5. The van der Waals surface area contributed by atoms with Crippen LogP contribution in [0.2, 0.25) is 0 Å². The van der Waals surface area contributed by atoms with Crippen molar-refractivity contribution in [3.63, 3.8) is 0 Å². The number of carboxylic acid groups (broad SMARTS) is 1. The van der Waals surface area contributed by atoms with E-state index in [0.29, 0.717) is 25.1 Å². The minimum atomic E-state index is -0.995. The van der Waals surface area contributed by atoms with Gasteiger partial charge in [0.2, 0.25) is 0 Å². The van der Waals surface area contributed by atoms with Gasteiger partial charge in [0.25, 0.3) is 0 Å². The normalized spacial score (nSPS) is 25.3. The number of carboxylic acids is 1. The number of methoxy groups -OCH3 is 1. The molecule has 0 bridgehead atoms. The molecule has 3 aromatic rings. The molecular formula is C31H36FN3O4. The Hall–Kier alpha value is -3.39. The first kappa shape index (κ1) is 25.9. The lowest BCUT2D eigenvalue weighted by atomic mass is 9.80. The Balaban J connectivity index is 1.57. The molecule has 2 aromatic carbocycles. The lowest BCUT2D eigenvalue weighted by Gasteiger charge is -2.31. The number of carbonyl (C=O) groups excluding carboxylic acids is 1. The van der Waals surface area contributed by atoms with Crippen LogP contribution in [0.1, 0.15) is 66.8 Å². The second-order valence-electron chi connectivity index (χ2n) is 11.3. The van der Waals surface area contributed by atoms with Crippen molar-refractivity contribution in [1.82, 2.24) is 9.47 Å². The number of nitrogens with zero attached hydrogens (tertiary/aromatic N) is 2. The van der Waals surface area contributed by atoms with Gasteiger partial charge in [0.1, 0.15) is 11.9 Å². The molecule has 0 amide bonds. The lowest BCUT2D eigenvalue weighted by Crippen LogP contribution is -2.44. The van der Waals surface area contributed by atoms with E-state index in [1.54, 1.807) is 19.2 Å². The molecule has 2 N–H and O–H groups in total. The first-order valence-electron chi connectivity index (χ1n) is 14.1. The van der Waals surface area contributed by atoms with Crippen LogP contribution >= 0.6 is 0 Å². The SMILES string of the molecule is COc1ccc2c(c1)NC(C(=O)C1CCCN1C)CCn1c-2c(C2CCCC[C@@H]2F)c2ccc(C(=O)O)cc21. The minimum absolute atomic E-state index is 0.124. The van der Waals surface area contributed by atoms with Gasteiger partial charge < -0.3 is 19.7 Å². The number of likely N-dealkylation sites (N-methyl/N-ethyl adjacent to an activating group) is 1. The fourth-order valence-electron chi connectivity index (χ4n) is 7.03. The number of carbonyl (C=O) groups is 2. The molecule has 1 aromatic heterocycles. The molecule has 3 aliphatic rings. The molecule has 39 heavy (non-hydrogen) atoms. The topological polar surface area (TPSA) is 83.8 Å². The van der Waals surface area contributed by atoms with Gasteiger partial charge in [-0.25, -0.2) is 9.18 Å². The summed E-state index contributed by atoms with van der Waals surface area (Å²) in [6.45, 7) is 1.43. The van der Waals surface area contributed by atoms with Gasteiger partial charge in [-0.1, -0.05) is 18.9 Å². The van der Waals surface area contributed by atoms with E-state index in [4.69, 9.17) is 4.74 Å². The zero-order chi connectivity index (χ0) is 27.3. The molecule has 2 aliphatic heterocycles. The van der Waals surface area contributed by atoms with Gasteiger partial charge in [0, 0.05) is 40.7 Å². The summed E-state index contributed by atoms with van der Waals surface area (Å²) in [5.74, 6) is -0.423. The Bertz CT molecular complexity index is 1430. The first-order valence-corrected chi connectivity index (χ1v) is 14.1. The van der Waals surface area contributed by atoms with Crippen molar-refractivity contribution < 1.29 is 23.8 Å². The van der Waals surface area contributed by atoms with Crippen molar-refractivity contribution in [1.29, 1.82) is 0 Å². The van der Waals surface area contributed by atoms with E-state index in [9.17, 15) is 14.7 Å². The molecule has 206 valence electrons. The van der Waals surface area contributed by atoms with Crippen LogP contribution in [0.5, 0.6) is 5.75 Å². The number of rotatable bonds is 5. The molecule has 1 saturated heterocycles. The van der Waals surface area contributed by atoms with Crippen molar-refractivity contribution >= 4 is 28.3 Å². The Kier molecular flexibility index (Phi) is 6.83. The van der Waals surface area contributed by atoms with Gasteiger partial charge in [0.15, 0.2) is 5.78 Å². The van der Waals surface area contributed by atoms with Crippen LogP contribution < -0.4 is 10.1 Å². The molecule has 3 unspecified atom stereocenters. The summed E-state index contributed by atoms with van der Waals surface area (Å²) >= 11 is 0. The highest BCUT2D eigenvalue weighted by Gasteiger charge is 2.37. The maximum Gasteiger partial charge on any atom is 0.335 e. The molecule has 3 heterocycles. The zero-order valence-corrected chi connectivity index (χ0v) is 22.6. The van der Waals surface area contributed by atoms with Gasteiger partial charge in [0.05, 0.1) is 30.5 Å². The molecule has 4 atom stereocenters. The van der Waals surface area contributed by atoms with E-state index in [2.05, 4.69) is 14.8 Å². The average Bonchev–Trinajstić information content (AvgIpc) is 3.49. The maximum absolute atomic E-state index is 15.6. The number of anilines is 1. The number of hydrogen-bond acceptors (Lipinski definition) is 5. The summed E-state index contributed by atoms with van der Waals surface area (Å²) in [7, 11) is 3.62. The number of hydrogen-bond donors (Lipinski definition) is 2. The predicted molar refractivity (Wildman–Crippen MR) is 150 cm³/mol. The van der Waals surface area contributed by atoms with Crippen molar-refractivity contribution in [2.45, 2.75) is 75.7 Å². The molecule has 7 nitrogen and oxygen atoms in total. The van der Waals surface area contributed by atoms with Crippen LogP contribution in [-0.2, 0) is 11.3 Å². The van der Waals surface area contributed by atoms with Crippen LogP contribution in [0.4, 0.5) is 10.1 Å². The Morgan fingerprint density at radius 1 is 1.03 bits per heavy atom. The third kappa shape index (κ3) is 4.48. The van der Waals surface area contributed by atoms with Gasteiger partial charge in [-0.05, 0) is 75.5 Å². The van der Waals surface area contributed by atoms with Crippen LogP contribution in [0, 0.1) is 0 Å². The molecule has 0 radical (unpaired) electrons. The summed E-state index contributed by atoms with van der Waals surface area (Å²) in [4.78, 5) is 27.9. The second-order valence-corrected chi connectivity index (χ2v) is 11.3. The van der Waals surface area contributed by atoms with E-state index in [1.807, 2.05) is 31.3 Å². The highest BCUT2D eigenvalue weighted by Crippen LogP contribution is 2.48. The Morgan fingerprint density at radius 3 is 2.56 bits per heavy atom. The number of alkyl halides is 1. The van der Waals surface area contributed by atoms with E-state index in [-0.39, 0.29) is 23.3 Å². The number of likely N-dealkylation sites (tertiary alicyclic amines) is 1. The van der Waals surface area contributed by atoms with E-state index < -0.39 is 18.2 Å². The Morgan fingerprint density at radius 2 is 1.85 bits per heavy atom. The Labute approximate surface area is 227 Å². The minimum Gasteiger partial charge on any atom is -0.497 e. The van der Waals surface area contributed by atoms with E-state index in [0.717, 1.165) is 72.1 Å². The summed E-state index contributed by atoms with van der Waals surface area (Å²) in [6, 6.07) is 10.4. The van der Waals surface area contributed by atoms with Crippen molar-refractivity contribution in [3.8, 4) is 17.0 Å². The van der Waals surface area contributed by atoms with Gasteiger partial charge in [-0.15, -0.1) is 0 Å². The van der Waals surface area contributed by atoms with Crippen LogP contribution in [0.15, 0.2) is 36.4 Å². The maximum atomic E-state index is 15.6. The van der Waals surface area contributed by atoms with Crippen molar-refractivity contribution in [2.75, 3.05) is 26.0 Å². The summed E-state index contributed by atoms with van der Waals surface area (Å²) in [5.41, 5.74) is 4.51. The molecule has 2 fully saturated rings. The predicted octanol–water partition coefficient (Wildman–Crippen LogP) is 5.86. The van der Waals surface area contributed by atoms with Gasteiger partial charge in [-0.3, -0.25) is 9.69 Å². The van der Waals surface area contributed by atoms with Crippen molar-refractivity contribution in [3.05, 3.63) is 47.5 Å². The molecule has 1 aliphatic carbocycles. The second kappa shape index (κ2) is 10.3. The standard InChI is InChI=1S/C31H36FN3O4/c1-34-14-5-8-26(34)30(36)24-13-15-35-27-16-18(31(37)38)9-11-22(27)28(20-6-3-4-7-23(20)32)29(35)21-12-10-19(39-2)17-25(21)33-24/h9-12,16-17,20,23-24,26,33H,3-8,13-15H2,1-2H3,(H,37,38)/t20?,23-,24?,26?/m0/s1. The number of aryl methyl sites for hydroxylation is 1. The monoisotopic (exact) mass is 533 g/mol. The lowest BCUT2D eigenvalue weighted by molar-refractivity contribution is -0.123. The summed E-state index contributed by atoms with van der Waals surface area (Å²) in [6.07, 6.45) is 4.56. The molecular weight excluding hydrogens is 497 g/mol. The molecule has 0 spiro atoms. The number of nitrogens with one attached hydrogen (secondary N) is 1. The van der Waals surface area contributed by atoms with Crippen molar-refractivity contribution in [2.24, 2.45) is 0 Å². The first-order chi connectivity index (χ1) is 18.9. The van der Waals surface area contributed by atoms with Crippen LogP contribution in [-0.4, -0.2) is 65.3 Å². The number of ether oxygens (including phenoxy) is 1. The number of ketones is 1. The quantitative estimate of drug-likeness (QED) is 0.428. The van der Waals surface area contributed by atoms with E-state index in [1.165, 1.54) is 0 Å². The number of benzene rings is 2. The summed E-state index contributed by atoms with van der Waals surface area (Å²) < 4.78 is 23.3. The van der Waals surface area contributed by atoms with Gasteiger partial charge in [-0.2, -0.15) is 0 Å². The third-order valence-electron chi connectivity index (χ3n) is 9.05. The summed E-state index contributed by atoms with van der Waals surface area (Å²) in [5, 5.41) is 14.2. The number of aromatic carboxylic acids is 1. The van der Waals surface area contributed by atoms with E-state index >= 15 is 4.39 Å². The average molecular weight is 534 g/mol. The fraction of sp³-hybridized carbons (Fsp3) is 0.484. The number of aromatic nitrogens is 1. The highest BCUT2D eigenvalue weighted by atomic mass is 19.1. The third-order valence-corrected chi connectivity index (χ3v) is 9.05. The molecule has 1 saturated carbocycles. The van der Waals surface area contributed by atoms with Crippen LogP contribution in [0.25, 0.3) is 22.2 Å². The molecule has 6 rings (SSSR count). The molecule has 8 heteroatoms.